The molecule has 0 fully saturated rings. The number of fused-ring (bicyclic) bond motifs is 1. The van der Waals surface area contributed by atoms with E-state index < -0.39 is 5.54 Å². The van der Waals surface area contributed by atoms with E-state index in [0.29, 0.717) is 15.6 Å². The average Bonchev–Trinajstić information content (AvgIpc) is 2.79. The summed E-state index contributed by atoms with van der Waals surface area (Å²) in [7, 11) is 0. The number of benzene rings is 2. The third kappa shape index (κ3) is 2.66. The Morgan fingerprint density at radius 2 is 1.96 bits per heavy atom. The maximum Gasteiger partial charge on any atom is 0.252 e. The molecule has 0 bridgehead atoms. The summed E-state index contributed by atoms with van der Waals surface area (Å²) in [6.07, 6.45) is 1.03. The summed E-state index contributed by atoms with van der Waals surface area (Å²) in [6, 6.07) is 9.87. The normalized spacial score (nSPS) is 20.4. The first-order chi connectivity index (χ1) is 11.4. The van der Waals surface area contributed by atoms with Crippen molar-refractivity contribution in [2.45, 2.75) is 24.8 Å². The third-order valence-electron chi connectivity index (χ3n) is 4.56. The Kier molecular flexibility index (Phi) is 4.28. The first-order valence-electron chi connectivity index (χ1n) is 7.41. The molecule has 1 aliphatic rings. The van der Waals surface area contributed by atoms with Crippen molar-refractivity contribution in [3.8, 4) is 5.75 Å². The van der Waals surface area contributed by atoms with Crippen molar-refractivity contribution in [3.63, 3.8) is 0 Å². The number of aldehydes is 1. The second-order valence-corrected chi connectivity index (χ2v) is 6.83. The van der Waals surface area contributed by atoms with Gasteiger partial charge in [-0.05, 0) is 42.3 Å². The van der Waals surface area contributed by atoms with Gasteiger partial charge in [0.25, 0.3) is 5.91 Å². The zero-order chi connectivity index (χ0) is 17.5. The molecule has 124 valence electrons. The number of phenols is 1. The SMILES string of the molecule is CC1(C(CC=O)c2ccc(Cl)c(Cl)c2)NC(=O)c2cc(O)ccc21. The fourth-order valence-electron chi connectivity index (χ4n) is 3.35. The van der Waals surface area contributed by atoms with E-state index in [1.807, 2.05) is 6.92 Å². The van der Waals surface area contributed by atoms with Crippen LogP contribution in [-0.4, -0.2) is 17.3 Å². The van der Waals surface area contributed by atoms with Gasteiger partial charge in [0.15, 0.2) is 0 Å². The Hall–Kier alpha value is -2.04. The van der Waals surface area contributed by atoms with Crippen LogP contribution in [-0.2, 0) is 10.3 Å². The van der Waals surface area contributed by atoms with Gasteiger partial charge in [-0.25, -0.2) is 0 Å². The van der Waals surface area contributed by atoms with Crippen LogP contribution in [0.2, 0.25) is 10.0 Å². The summed E-state index contributed by atoms with van der Waals surface area (Å²) in [5.74, 6) is -0.575. The molecular formula is C18H15Cl2NO3. The Morgan fingerprint density at radius 3 is 2.62 bits per heavy atom. The van der Waals surface area contributed by atoms with Gasteiger partial charge in [-0.15, -0.1) is 0 Å². The number of nitrogens with one attached hydrogen (secondary N) is 1. The second-order valence-electron chi connectivity index (χ2n) is 6.01. The molecule has 1 aliphatic heterocycles. The lowest BCUT2D eigenvalue weighted by molar-refractivity contribution is -0.108. The molecule has 6 heteroatoms. The predicted molar refractivity (Wildman–Crippen MR) is 92.8 cm³/mol. The van der Waals surface area contributed by atoms with E-state index in [9.17, 15) is 14.7 Å². The van der Waals surface area contributed by atoms with Crippen molar-refractivity contribution >= 4 is 35.4 Å². The lowest BCUT2D eigenvalue weighted by Crippen LogP contribution is -2.42. The van der Waals surface area contributed by atoms with Crippen LogP contribution in [0.3, 0.4) is 0 Å². The Morgan fingerprint density at radius 1 is 1.21 bits per heavy atom. The predicted octanol–water partition coefficient (Wildman–Crippen LogP) is 4.03. The van der Waals surface area contributed by atoms with E-state index >= 15 is 0 Å². The Bertz CT molecular complexity index is 837. The van der Waals surface area contributed by atoms with Crippen LogP contribution >= 0.6 is 23.2 Å². The molecule has 0 radical (unpaired) electrons. The Balaban J connectivity index is 2.14. The molecule has 2 atom stereocenters. The number of rotatable bonds is 4. The summed E-state index contributed by atoms with van der Waals surface area (Å²) in [6.45, 7) is 1.87. The van der Waals surface area contributed by atoms with Gasteiger partial charge >= 0.3 is 0 Å². The molecule has 0 spiro atoms. The fourth-order valence-corrected chi connectivity index (χ4v) is 3.66. The standard InChI is InChI=1S/C18H15Cl2NO3/c1-18(14-4-3-11(23)9-12(14)17(24)21-18)13(6-7-22)10-2-5-15(19)16(20)8-10/h2-5,7-9,13,23H,6H2,1H3,(H,21,24). The first-order valence-corrected chi connectivity index (χ1v) is 8.17. The topological polar surface area (TPSA) is 66.4 Å². The molecule has 0 saturated carbocycles. The zero-order valence-electron chi connectivity index (χ0n) is 12.8. The van der Waals surface area contributed by atoms with Gasteiger partial charge in [0, 0.05) is 17.9 Å². The number of hydrogen-bond donors (Lipinski definition) is 2. The minimum absolute atomic E-state index is 0.0228. The van der Waals surface area contributed by atoms with Crippen LogP contribution in [0.1, 0.15) is 40.7 Å². The number of hydrogen-bond acceptors (Lipinski definition) is 3. The molecule has 2 aromatic carbocycles. The third-order valence-corrected chi connectivity index (χ3v) is 5.29. The second kappa shape index (κ2) is 6.11. The summed E-state index contributed by atoms with van der Waals surface area (Å²) in [5.41, 5.74) is 1.16. The highest BCUT2D eigenvalue weighted by Crippen LogP contribution is 2.45. The molecular weight excluding hydrogens is 349 g/mol. The van der Waals surface area contributed by atoms with Crippen LogP contribution in [0.25, 0.3) is 0 Å². The molecule has 4 nitrogen and oxygen atoms in total. The van der Waals surface area contributed by atoms with E-state index in [-0.39, 0.29) is 24.0 Å². The highest BCUT2D eigenvalue weighted by molar-refractivity contribution is 6.42. The lowest BCUT2D eigenvalue weighted by Gasteiger charge is -2.34. The van der Waals surface area contributed by atoms with Crippen LogP contribution in [0.5, 0.6) is 5.75 Å². The molecule has 0 aromatic heterocycles. The molecule has 0 aliphatic carbocycles. The Labute approximate surface area is 149 Å². The largest absolute Gasteiger partial charge is 0.508 e. The molecule has 24 heavy (non-hydrogen) atoms. The fraction of sp³-hybridized carbons (Fsp3) is 0.222. The average molecular weight is 364 g/mol. The van der Waals surface area contributed by atoms with Crippen molar-refractivity contribution < 1.29 is 14.7 Å². The lowest BCUT2D eigenvalue weighted by atomic mass is 9.75. The molecule has 1 heterocycles. The number of phenolic OH excluding ortho intramolecular Hbond substituents is 1. The van der Waals surface area contributed by atoms with Crippen molar-refractivity contribution in [1.82, 2.24) is 5.32 Å². The summed E-state index contributed by atoms with van der Waals surface area (Å²) < 4.78 is 0. The highest BCUT2D eigenvalue weighted by atomic mass is 35.5. The number of amides is 1. The maximum atomic E-state index is 12.3. The number of halogens is 2. The van der Waals surface area contributed by atoms with E-state index in [1.54, 1.807) is 24.3 Å². The molecule has 2 N–H and O–H groups in total. The van der Waals surface area contributed by atoms with E-state index in [2.05, 4.69) is 5.32 Å². The van der Waals surface area contributed by atoms with Crippen molar-refractivity contribution in [3.05, 3.63) is 63.1 Å². The van der Waals surface area contributed by atoms with E-state index in [1.165, 1.54) is 12.1 Å². The quantitative estimate of drug-likeness (QED) is 0.805. The van der Waals surface area contributed by atoms with E-state index in [0.717, 1.165) is 17.4 Å². The van der Waals surface area contributed by atoms with Gasteiger partial charge in [0.05, 0.1) is 15.6 Å². The monoisotopic (exact) mass is 363 g/mol. The van der Waals surface area contributed by atoms with Gasteiger partial charge in [0.1, 0.15) is 12.0 Å². The smallest absolute Gasteiger partial charge is 0.252 e. The molecule has 1 amide bonds. The van der Waals surface area contributed by atoms with Crippen molar-refractivity contribution in [1.29, 1.82) is 0 Å². The van der Waals surface area contributed by atoms with Crippen LogP contribution in [0, 0.1) is 0 Å². The summed E-state index contributed by atoms with van der Waals surface area (Å²) in [4.78, 5) is 23.6. The van der Waals surface area contributed by atoms with Crippen LogP contribution in [0.4, 0.5) is 0 Å². The zero-order valence-corrected chi connectivity index (χ0v) is 14.4. The minimum atomic E-state index is -0.793. The van der Waals surface area contributed by atoms with Gasteiger partial charge in [0.2, 0.25) is 0 Å². The molecule has 2 unspecified atom stereocenters. The first kappa shape index (κ1) is 16.8. The van der Waals surface area contributed by atoms with E-state index in [4.69, 9.17) is 23.2 Å². The highest BCUT2D eigenvalue weighted by Gasteiger charge is 2.45. The van der Waals surface area contributed by atoms with Gasteiger partial charge < -0.3 is 15.2 Å². The van der Waals surface area contributed by atoms with Crippen molar-refractivity contribution in [2.75, 3.05) is 0 Å². The molecule has 3 rings (SSSR count). The molecule has 0 saturated heterocycles. The van der Waals surface area contributed by atoms with Crippen molar-refractivity contribution in [2.24, 2.45) is 0 Å². The van der Waals surface area contributed by atoms with Gasteiger partial charge in [-0.3, -0.25) is 4.79 Å². The minimum Gasteiger partial charge on any atom is -0.508 e. The maximum absolute atomic E-state index is 12.3. The van der Waals surface area contributed by atoms with Crippen LogP contribution in [0.15, 0.2) is 36.4 Å². The number of carbonyl (C=O) groups is 2. The summed E-state index contributed by atoms with van der Waals surface area (Å²) >= 11 is 12.1. The van der Waals surface area contributed by atoms with Crippen LogP contribution < -0.4 is 5.32 Å². The number of aromatic hydroxyl groups is 1. The number of carbonyl (C=O) groups excluding carboxylic acids is 2. The molecule has 2 aromatic rings. The van der Waals surface area contributed by atoms with Gasteiger partial charge in [-0.2, -0.15) is 0 Å². The summed E-state index contributed by atoms with van der Waals surface area (Å²) in [5, 5.41) is 13.4. The van der Waals surface area contributed by atoms with Gasteiger partial charge in [-0.1, -0.05) is 35.3 Å².